The zero-order chi connectivity index (χ0) is 8.23. The molecule has 3 aliphatic rings. The molecule has 2 spiro atoms. The maximum absolute atomic E-state index is 9.82. The molecule has 1 N–H and O–H groups in total. The average Bonchev–Trinajstić information content (AvgIpc) is 2.44. The summed E-state index contributed by atoms with van der Waals surface area (Å²) in [7, 11) is 0. The van der Waals surface area contributed by atoms with Crippen molar-refractivity contribution in [3.8, 4) is 0 Å². The molecule has 1 aliphatic heterocycles. The topological polar surface area (TPSA) is 32.8 Å². The van der Waals surface area contributed by atoms with Gasteiger partial charge in [-0.15, -0.1) is 0 Å². The van der Waals surface area contributed by atoms with Gasteiger partial charge in [-0.2, -0.15) is 0 Å². The highest BCUT2D eigenvalue weighted by Gasteiger charge is 2.74. The molecule has 3 rings (SSSR count). The van der Waals surface area contributed by atoms with Gasteiger partial charge >= 0.3 is 0 Å². The Bertz CT molecular complexity index is 208. The van der Waals surface area contributed by atoms with Gasteiger partial charge in [0.05, 0.1) is 6.10 Å². The van der Waals surface area contributed by atoms with E-state index in [0.29, 0.717) is 0 Å². The number of aliphatic hydroxyl groups excluding tert-OH is 1. The molecular formula is C10H16O2. The van der Waals surface area contributed by atoms with Crippen molar-refractivity contribution < 1.29 is 9.84 Å². The fourth-order valence-electron chi connectivity index (χ4n) is 3.40. The molecular weight excluding hydrogens is 152 g/mol. The number of hydrogen-bond acceptors (Lipinski definition) is 2. The van der Waals surface area contributed by atoms with Gasteiger partial charge in [0, 0.05) is 0 Å². The molecule has 3 fully saturated rings. The lowest BCUT2D eigenvalue weighted by molar-refractivity contribution is 0.0997. The van der Waals surface area contributed by atoms with Gasteiger partial charge in [0.1, 0.15) is 11.2 Å². The first-order chi connectivity index (χ1) is 5.79. The zero-order valence-electron chi connectivity index (χ0n) is 7.38. The standard InChI is InChI=1S/C10H16O2/c11-8-4-3-7-10(8)9(12-10)5-1-2-6-9/h8,11H,1-7H2. The van der Waals surface area contributed by atoms with E-state index in [0.717, 1.165) is 19.3 Å². The number of hydrogen-bond donors (Lipinski definition) is 1. The first-order valence-electron chi connectivity index (χ1n) is 5.17. The lowest BCUT2D eigenvalue weighted by atomic mass is 9.88. The predicted molar refractivity (Wildman–Crippen MR) is 44.9 cm³/mol. The van der Waals surface area contributed by atoms with Gasteiger partial charge in [-0.05, 0) is 32.1 Å². The highest BCUT2D eigenvalue weighted by Crippen LogP contribution is 2.64. The van der Waals surface area contributed by atoms with Crippen molar-refractivity contribution in [2.24, 2.45) is 0 Å². The summed E-state index contributed by atoms with van der Waals surface area (Å²) in [4.78, 5) is 0. The molecule has 2 nitrogen and oxygen atoms in total. The lowest BCUT2D eigenvalue weighted by Crippen LogP contribution is -2.31. The second kappa shape index (κ2) is 2.05. The van der Waals surface area contributed by atoms with Crippen LogP contribution in [-0.2, 0) is 4.74 Å². The van der Waals surface area contributed by atoms with E-state index in [-0.39, 0.29) is 17.3 Å². The van der Waals surface area contributed by atoms with Gasteiger partial charge in [0.25, 0.3) is 0 Å². The van der Waals surface area contributed by atoms with Gasteiger partial charge in [-0.1, -0.05) is 12.8 Å². The Morgan fingerprint density at radius 3 is 2.42 bits per heavy atom. The predicted octanol–water partition coefficient (Wildman–Crippen LogP) is 1.61. The van der Waals surface area contributed by atoms with Crippen molar-refractivity contribution in [2.45, 2.75) is 62.3 Å². The highest BCUT2D eigenvalue weighted by molar-refractivity contribution is 5.22. The first-order valence-corrected chi connectivity index (χ1v) is 5.17. The molecule has 1 saturated heterocycles. The van der Waals surface area contributed by atoms with Crippen LogP contribution in [0.3, 0.4) is 0 Å². The van der Waals surface area contributed by atoms with Crippen molar-refractivity contribution in [1.29, 1.82) is 0 Å². The second-order valence-electron chi connectivity index (χ2n) is 4.60. The maximum Gasteiger partial charge on any atom is 0.124 e. The van der Waals surface area contributed by atoms with Crippen LogP contribution in [0.2, 0.25) is 0 Å². The molecule has 12 heavy (non-hydrogen) atoms. The fourth-order valence-corrected chi connectivity index (χ4v) is 3.40. The summed E-state index contributed by atoms with van der Waals surface area (Å²) >= 11 is 0. The number of ether oxygens (including phenoxy) is 1. The molecule has 2 unspecified atom stereocenters. The Balaban J connectivity index is 1.87. The molecule has 2 heteroatoms. The Labute approximate surface area is 72.9 Å². The monoisotopic (exact) mass is 168 g/mol. The Hall–Kier alpha value is -0.0800. The van der Waals surface area contributed by atoms with E-state index in [1.165, 1.54) is 25.7 Å². The quantitative estimate of drug-likeness (QED) is 0.557. The maximum atomic E-state index is 9.82. The SMILES string of the molecule is OC1CCCC12OC21CCCC1. The van der Waals surface area contributed by atoms with E-state index < -0.39 is 0 Å². The summed E-state index contributed by atoms with van der Waals surface area (Å²) < 4.78 is 5.88. The van der Waals surface area contributed by atoms with Crippen molar-refractivity contribution in [2.75, 3.05) is 0 Å². The third kappa shape index (κ3) is 0.647. The Morgan fingerprint density at radius 2 is 1.83 bits per heavy atom. The molecule has 0 radical (unpaired) electrons. The van der Waals surface area contributed by atoms with Crippen LogP contribution in [0, 0.1) is 0 Å². The molecule has 0 amide bonds. The van der Waals surface area contributed by atoms with Crippen molar-refractivity contribution in [1.82, 2.24) is 0 Å². The Kier molecular flexibility index (Phi) is 1.25. The number of rotatable bonds is 0. The summed E-state index contributed by atoms with van der Waals surface area (Å²) in [5.41, 5.74) is 0.0758. The van der Waals surface area contributed by atoms with Crippen LogP contribution in [0.5, 0.6) is 0 Å². The van der Waals surface area contributed by atoms with Crippen molar-refractivity contribution in [3.05, 3.63) is 0 Å². The van der Waals surface area contributed by atoms with Crippen LogP contribution in [-0.4, -0.2) is 22.4 Å². The fraction of sp³-hybridized carbons (Fsp3) is 1.00. The summed E-state index contributed by atoms with van der Waals surface area (Å²) in [6.07, 6.45) is 8.06. The first kappa shape index (κ1) is 7.34. The molecule has 2 aliphatic carbocycles. The number of epoxide rings is 1. The molecule has 0 aromatic carbocycles. The molecule has 1 heterocycles. The summed E-state index contributed by atoms with van der Waals surface area (Å²) in [6, 6.07) is 0. The van der Waals surface area contributed by atoms with Gasteiger partial charge < -0.3 is 9.84 Å². The van der Waals surface area contributed by atoms with Crippen LogP contribution in [0.1, 0.15) is 44.9 Å². The lowest BCUT2D eigenvalue weighted by Gasteiger charge is -2.13. The van der Waals surface area contributed by atoms with E-state index in [2.05, 4.69) is 0 Å². The van der Waals surface area contributed by atoms with Gasteiger partial charge in [0.2, 0.25) is 0 Å². The summed E-state index contributed by atoms with van der Waals surface area (Å²) in [5, 5.41) is 9.82. The van der Waals surface area contributed by atoms with Gasteiger partial charge in [-0.25, -0.2) is 0 Å². The third-order valence-electron chi connectivity index (χ3n) is 4.08. The van der Waals surface area contributed by atoms with Crippen LogP contribution in [0.15, 0.2) is 0 Å². The van der Waals surface area contributed by atoms with Gasteiger partial charge in [-0.3, -0.25) is 0 Å². The largest absolute Gasteiger partial charge is 0.390 e. The molecule has 0 aromatic heterocycles. The van der Waals surface area contributed by atoms with E-state index in [9.17, 15) is 5.11 Å². The minimum atomic E-state index is -0.157. The third-order valence-corrected chi connectivity index (χ3v) is 4.08. The van der Waals surface area contributed by atoms with Crippen molar-refractivity contribution >= 4 is 0 Å². The summed E-state index contributed by atoms with van der Waals surface area (Å²) in [5.74, 6) is 0. The van der Waals surface area contributed by atoms with Gasteiger partial charge in [0.15, 0.2) is 0 Å². The number of fused-ring (bicyclic) bond motifs is 1. The summed E-state index contributed by atoms with van der Waals surface area (Å²) in [6.45, 7) is 0. The minimum Gasteiger partial charge on any atom is -0.390 e. The van der Waals surface area contributed by atoms with E-state index >= 15 is 0 Å². The van der Waals surface area contributed by atoms with Crippen LogP contribution >= 0.6 is 0 Å². The normalized spacial score (nSPS) is 49.2. The van der Waals surface area contributed by atoms with Crippen LogP contribution < -0.4 is 0 Å². The van der Waals surface area contributed by atoms with Crippen molar-refractivity contribution in [3.63, 3.8) is 0 Å². The second-order valence-corrected chi connectivity index (χ2v) is 4.60. The number of aliphatic hydroxyl groups is 1. The molecule has 2 saturated carbocycles. The average molecular weight is 168 g/mol. The van der Waals surface area contributed by atoms with E-state index in [1.807, 2.05) is 0 Å². The minimum absolute atomic E-state index is 0.0660. The van der Waals surface area contributed by atoms with Crippen LogP contribution in [0.25, 0.3) is 0 Å². The van der Waals surface area contributed by atoms with E-state index in [1.54, 1.807) is 0 Å². The van der Waals surface area contributed by atoms with Crippen LogP contribution in [0.4, 0.5) is 0 Å². The molecule has 68 valence electrons. The molecule has 0 aromatic rings. The molecule has 2 atom stereocenters. The zero-order valence-corrected chi connectivity index (χ0v) is 7.38. The highest BCUT2D eigenvalue weighted by atomic mass is 16.6. The smallest absolute Gasteiger partial charge is 0.124 e. The Morgan fingerprint density at radius 1 is 1.08 bits per heavy atom. The van der Waals surface area contributed by atoms with E-state index in [4.69, 9.17) is 4.74 Å². The molecule has 0 bridgehead atoms.